The number of nitrogens with two attached hydrogens (primary N) is 1. The van der Waals surface area contributed by atoms with Crippen LogP contribution in [0.1, 0.15) is 24.1 Å². The van der Waals surface area contributed by atoms with E-state index in [4.69, 9.17) is 10.5 Å². The summed E-state index contributed by atoms with van der Waals surface area (Å²) >= 11 is 0. The molecule has 0 unspecified atom stereocenters. The lowest BCUT2D eigenvalue weighted by Gasteiger charge is -2.14. The maximum atomic E-state index is 12.0. The monoisotopic (exact) mass is 215 g/mol. The first-order chi connectivity index (χ1) is 7.00. The predicted octanol–water partition coefficient (Wildman–Crippen LogP) is 2.66. The van der Waals surface area contributed by atoms with Crippen LogP contribution in [0.4, 0.5) is 8.78 Å². The van der Waals surface area contributed by atoms with Gasteiger partial charge < -0.3 is 10.5 Å². The molecule has 0 saturated carbocycles. The van der Waals surface area contributed by atoms with Crippen molar-refractivity contribution in [1.82, 2.24) is 0 Å². The average molecular weight is 215 g/mol. The molecule has 0 aliphatic carbocycles. The van der Waals surface area contributed by atoms with Crippen molar-refractivity contribution < 1.29 is 13.5 Å². The number of halogens is 2. The van der Waals surface area contributed by atoms with Crippen LogP contribution in [-0.4, -0.2) is 13.0 Å². The molecule has 84 valence electrons. The minimum Gasteiger partial charge on any atom is -0.487 e. The molecule has 0 aromatic heterocycles. The highest BCUT2D eigenvalue weighted by molar-refractivity contribution is 5.38. The van der Waals surface area contributed by atoms with Crippen LogP contribution in [0.25, 0.3) is 0 Å². The Morgan fingerprint density at radius 3 is 2.60 bits per heavy atom. The molecule has 0 fully saturated rings. The molecule has 0 radical (unpaired) electrons. The summed E-state index contributed by atoms with van der Waals surface area (Å²) in [5.74, 6) is 0.449. The van der Waals surface area contributed by atoms with Gasteiger partial charge in [-0.3, -0.25) is 0 Å². The van der Waals surface area contributed by atoms with E-state index in [1.165, 1.54) is 0 Å². The minimum atomic E-state index is -2.47. The molecule has 0 bridgehead atoms. The number of aryl methyl sites for hydroxylation is 1. The van der Waals surface area contributed by atoms with Gasteiger partial charge in [0.05, 0.1) is 0 Å². The third-order valence-corrected chi connectivity index (χ3v) is 2.02. The summed E-state index contributed by atoms with van der Waals surface area (Å²) < 4.78 is 29.0. The first-order valence-electron chi connectivity index (χ1n) is 4.77. The first-order valence-corrected chi connectivity index (χ1v) is 4.77. The molecule has 0 amide bonds. The Bertz CT molecular complexity index is 326. The normalized spacial score (nSPS) is 12.9. The smallest absolute Gasteiger partial charge is 0.272 e. The quantitative estimate of drug-likeness (QED) is 0.838. The summed E-state index contributed by atoms with van der Waals surface area (Å²) in [6.07, 6.45) is -2.47. The summed E-state index contributed by atoms with van der Waals surface area (Å²) in [6, 6.07) is 5.19. The zero-order valence-electron chi connectivity index (χ0n) is 8.84. The van der Waals surface area contributed by atoms with E-state index in [0.717, 1.165) is 11.1 Å². The Balaban J connectivity index is 2.87. The van der Waals surface area contributed by atoms with E-state index in [0.29, 0.717) is 5.75 Å². The van der Waals surface area contributed by atoms with Crippen LogP contribution < -0.4 is 10.5 Å². The molecular weight excluding hydrogens is 200 g/mol. The van der Waals surface area contributed by atoms with Gasteiger partial charge in [-0.2, -0.15) is 0 Å². The average Bonchev–Trinajstić information content (AvgIpc) is 2.14. The largest absolute Gasteiger partial charge is 0.487 e. The van der Waals surface area contributed by atoms with Gasteiger partial charge in [-0.1, -0.05) is 12.1 Å². The van der Waals surface area contributed by atoms with Gasteiger partial charge in [0.15, 0.2) is 0 Å². The van der Waals surface area contributed by atoms with Gasteiger partial charge in [0.1, 0.15) is 12.4 Å². The summed E-state index contributed by atoms with van der Waals surface area (Å²) in [6.45, 7) is 3.07. The fourth-order valence-electron chi connectivity index (χ4n) is 1.30. The van der Waals surface area contributed by atoms with Crippen molar-refractivity contribution in [3.63, 3.8) is 0 Å². The van der Waals surface area contributed by atoms with Gasteiger partial charge in [-0.15, -0.1) is 0 Å². The van der Waals surface area contributed by atoms with E-state index in [1.807, 2.05) is 13.0 Å². The van der Waals surface area contributed by atoms with Crippen LogP contribution in [-0.2, 0) is 0 Å². The number of alkyl halides is 2. The lowest BCUT2D eigenvalue weighted by Crippen LogP contribution is -2.12. The van der Waals surface area contributed by atoms with Crippen molar-refractivity contribution in [3.8, 4) is 5.75 Å². The van der Waals surface area contributed by atoms with Crippen LogP contribution in [0, 0.1) is 6.92 Å². The molecule has 1 aromatic carbocycles. The van der Waals surface area contributed by atoms with Crippen LogP contribution in [0.3, 0.4) is 0 Å². The maximum absolute atomic E-state index is 12.0. The Labute approximate surface area is 88.0 Å². The van der Waals surface area contributed by atoms with Crippen LogP contribution >= 0.6 is 0 Å². The van der Waals surface area contributed by atoms with E-state index in [1.54, 1.807) is 19.1 Å². The van der Waals surface area contributed by atoms with Gasteiger partial charge in [-0.25, -0.2) is 8.78 Å². The fourth-order valence-corrected chi connectivity index (χ4v) is 1.30. The number of hydrogen-bond acceptors (Lipinski definition) is 2. The van der Waals surface area contributed by atoms with E-state index in [-0.39, 0.29) is 6.04 Å². The Kier molecular flexibility index (Phi) is 4.03. The molecule has 0 aliphatic heterocycles. The van der Waals surface area contributed by atoms with E-state index >= 15 is 0 Å². The molecule has 0 heterocycles. The van der Waals surface area contributed by atoms with Gasteiger partial charge in [0.25, 0.3) is 6.43 Å². The highest BCUT2D eigenvalue weighted by Crippen LogP contribution is 2.25. The zero-order valence-corrected chi connectivity index (χ0v) is 8.84. The van der Waals surface area contributed by atoms with Gasteiger partial charge in [0, 0.05) is 11.6 Å². The first kappa shape index (κ1) is 11.9. The van der Waals surface area contributed by atoms with E-state index in [2.05, 4.69) is 0 Å². The second-order valence-corrected chi connectivity index (χ2v) is 3.53. The van der Waals surface area contributed by atoms with Gasteiger partial charge in [-0.05, 0) is 25.5 Å². The Morgan fingerprint density at radius 2 is 2.07 bits per heavy atom. The van der Waals surface area contributed by atoms with Gasteiger partial charge in [0.2, 0.25) is 0 Å². The molecule has 1 aromatic rings. The number of hydrogen-bond donors (Lipinski definition) is 1. The van der Waals surface area contributed by atoms with Crippen molar-refractivity contribution in [2.75, 3.05) is 6.61 Å². The second kappa shape index (κ2) is 5.07. The minimum absolute atomic E-state index is 0.224. The Morgan fingerprint density at radius 1 is 1.40 bits per heavy atom. The van der Waals surface area contributed by atoms with Crippen LogP contribution in [0.5, 0.6) is 5.75 Å². The van der Waals surface area contributed by atoms with Gasteiger partial charge >= 0.3 is 0 Å². The zero-order chi connectivity index (χ0) is 11.4. The fraction of sp³-hybridized carbons (Fsp3) is 0.455. The van der Waals surface area contributed by atoms with Crippen molar-refractivity contribution >= 4 is 0 Å². The summed E-state index contributed by atoms with van der Waals surface area (Å²) in [7, 11) is 0. The van der Waals surface area contributed by atoms with Crippen molar-refractivity contribution in [1.29, 1.82) is 0 Å². The molecule has 4 heteroatoms. The standard InChI is InChI=1S/C11H15F2NO/c1-7-3-4-9(8(2)14)10(5-7)15-6-11(12)13/h3-5,8,11H,6,14H2,1-2H3/t8-/m0/s1. The summed E-state index contributed by atoms with van der Waals surface area (Å²) in [5.41, 5.74) is 7.42. The molecule has 1 rings (SSSR count). The number of benzene rings is 1. The molecule has 1 atom stereocenters. The van der Waals surface area contributed by atoms with Crippen LogP contribution in [0.15, 0.2) is 18.2 Å². The molecule has 2 N–H and O–H groups in total. The molecule has 0 spiro atoms. The molecule has 0 aliphatic rings. The van der Waals surface area contributed by atoms with E-state index < -0.39 is 13.0 Å². The van der Waals surface area contributed by atoms with E-state index in [9.17, 15) is 8.78 Å². The Hall–Kier alpha value is -1.16. The second-order valence-electron chi connectivity index (χ2n) is 3.53. The van der Waals surface area contributed by atoms with Crippen molar-refractivity contribution in [2.45, 2.75) is 26.3 Å². The third-order valence-electron chi connectivity index (χ3n) is 2.02. The SMILES string of the molecule is Cc1ccc([C@H](C)N)c(OCC(F)F)c1. The number of rotatable bonds is 4. The van der Waals surface area contributed by atoms with Crippen LogP contribution in [0.2, 0.25) is 0 Å². The number of ether oxygens (including phenoxy) is 1. The highest BCUT2D eigenvalue weighted by Gasteiger charge is 2.10. The molecular formula is C11H15F2NO. The third kappa shape index (κ3) is 3.47. The van der Waals surface area contributed by atoms with Crippen molar-refractivity contribution in [3.05, 3.63) is 29.3 Å². The molecule has 0 saturated heterocycles. The molecule has 15 heavy (non-hydrogen) atoms. The lowest BCUT2D eigenvalue weighted by atomic mass is 10.1. The highest BCUT2D eigenvalue weighted by atomic mass is 19.3. The topological polar surface area (TPSA) is 35.2 Å². The summed E-state index contributed by atoms with van der Waals surface area (Å²) in [4.78, 5) is 0. The molecule has 2 nitrogen and oxygen atoms in total. The maximum Gasteiger partial charge on any atom is 0.272 e. The summed E-state index contributed by atoms with van der Waals surface area (Å²) in [5, 5.41) is 0. The predicted molar refractivity (Wildman–Crippen MR) is 55.3 cm³/mol. The van der Waals surface area contributed by atoms with Crippen molar-refractivity contribution in [2.24, 2.45) is 5.73 Å². The lowest BCUT2D eigenvalue weighted by molar-refractivity contribution is 0.0812.